The second-order valence-electron chi connectivity index (χ2n) is 2.03. The zero-order chi connectivity index (χ0) is 9.35. The lowest BCUT2D eigenvalue weighted by atomic mass is 10.3. The van der Waals surface area contributed by atoms with Gasteiger partial charge in [-0.2, -0.15) is 8.42 Å². The molecular formula is C6H5O5S. The Labute approximate surface area is 68.6 Å². The Balaban J connectivity index is 3.47. The van der Waals surface area contributed by atoms with Crippen LogP contribution in [0.4, 0.5) is 0 Å². The second kappa shape index (κ2) is 2.65. The van der Waals surface area contributed by atoms with Crippen molar-refractivity contribution in [1.29, 1.82) is 0 Å². The maximum atomic E-state index is 10.5. The smallest absolute Gasteiger partial charge is 0.298 e. The van der Waals surface area contributed by atoms with Crippen molar-refractivity contribution >= 4 is 10.1 Å². The fourth-order valence-electron chi connectivity index (χ4n) is 0.656. The Morgan fingerprint density at radius 1 is 1.25 bits per heavy atom. The average Bonchev–Trinajstić information content (AvgIpc) is 1.92. The van der Waals surface area contributed by atoms with Crippen LogP contribution in [0.15, 0.2) is 17.0 Å². The zero-order valence-corrected chi connectivity index (χ0v) is 6.54. The minimum atomic E-state index is -4.50. The normalized spacial score (nSPS) is 11.4. The van der Waals surface area contributed by atoms with Crippen LogP contribution in [0.3, 0.4) is 0 Å². The summed E-state index contributed by atoms with van der Waals surface area (Å²) in [5.74, 6) is -1.53. The van der Waals surface area contributed by atoms with Gasteiger partial charge in [0.2, 0.25) is 0 Å². The van der Waals surface area contributed by atoms with E-state index in [-0.39, 0.29) is 0 Å². The Morgan fingerprint density at radius 2 is 1.83 bits per heavy atom. The Morgan fingerprint density at radius 3 is 2.25 bits per heavy atom. The summed E-state index contributed by atoms with van der Waals surface area (Å²) in [5, 5.41) is 17.7. The fraction of sp³-hybridized carbons (Fsp3) is 0. The zero-order valence-electron chi connectivity index (χ0n) is 5.72. The molecule has 0 heterocycles. The summed E-state index contributed by atoms with van der Waals surface area (Å²) < 4.78 is 29.4. The van der Waals surface area contributed by atoms with E-state index < -0.39 is 26.5 Å². The van der Waals surface area contributed by atoms with Crippen molar-refractivity contribution < 1.29 is 23.2 Å². The number of hydrogen-bond donors (Lipinski definition) is 3. The molecule has 0 aliphatic rings. The molecule has 1 rings (SSSR count). The highest BCUT2D eigenvalue weighted by molar-refractivity contribution is 7.86. The monoisotopic (exact) mass is 189 g/mol. The van der Waals surface area contributed by atoms with Crippen LogP contribution in [0.5, 0.6) is 11.5 Å². The highest BCUT2D eigenvalue weighted by Crippen LogP contribution is 2.30. The van der Waals surface area contributed by atoms with Crippen LogP contribution >= 0.6 is 0 Å². The molecule has 0 saturated heterocycles. The maximum Gasteiger partial charge on any atom is 0.298 e. The third-order valence-electron chi connectivity index (χ3n) is 1.19. The van der Waals surface area contributed by atoms with Crippen molar-refractivity contribution in [2.45, 2.75) is 4.90 Å². The molecule has 0 spiro atoms. The van der Waals surface area contributed by atoms with Crippen LogP contribution in [-0.4, -0.2) is 23.2 Å². The first-order chi connectivity index (χ1) is 5.43. The van der Waals surface area contributed by atoms with E-state index in [1.54, 1.807) is 0 Å². The topological polar surface area (TPSA) is 94.8 Å². The predicted molar refractivity (Wildman–Crippen MR) is 38.4 cm³/mol. The molecule has 0 fully saturated rings. The number of phenols is 2. The first kappa shape index (κ1) is 8.82. The molecule has 1 aromatic carbocycles. The highest BCUT2D eigenvalue weighted by atomic mass is 32.2. The Bertz CT molecular complexity index is 394. The molecule has 12 heavy (non-hydrogen) atoms. The minimum absolute atomic E-state index is 0.648. The van der Waals surface area contributed by atoms with E-state index in [1.165, 1.54) is 0 Å². The number of aromatic hydroxyl groups is 2. The van der Waals surface area contributed by atoms with E-state index in [0.29, 0.717) is 0 Å². The number of phenolic OH excluding ortho intramolecular Hbond substituents is 2. The summed E-state index contributed by atoms with van der Waals surface area (Å²) in [6, 6.07) is 4.06. The molecule has 65 valence electrons. The molecule has 0 aromatic heterocycles. The lowest BCUT2D eigenvalue weighted by Gasteiger charge is -2.00. The van der Waals surface area contributed by atoms with Crippen LogP contribution in [0.25, 0.3) is 0 Å². The minimum Gasteiger partial charge on any atom is -0.504 e. The molecule has 6 heteroatoms. The van der Waals surface area contributed by atoms with Crippen molar-refractivity contribution in [3.8, 4) is 11.5 Å². The summed E-state index contributed by atoms with van der Waals surface area (Å²) in [6.07, 6.45) is 0. The van der Waals surface area contributed by atoms with Crippen LogP contribution in [-0.2, 0) is 10.1 Å². The van der Waals surface area contributed by atoms with Crippen molar-refractivity contribution in [2.24, 2.45) is 0 Å². The van der Waals surface area contributed by atoms with Gasteiger partial charge in [0.25, 0.3) is 10.1 Å². The molecule has 1 radical (unpaired) electrons. The van der Waals surface area contributed by atoms with Crippen molar-refractivity contribution in [3.05, 3.63) is 18.2 Å². The molecular weight excluding hydrogens is 184 g/mol. The van der Waals surface area contributed by atoms with Gasteiger partial charge in [0.1, 0.15) is 4.90 Å². The lowest BCUT2D eigenvalue weighted by Crippen LogP contribution is -1.97. The summed E-state index contributed by atoms with van der Waals surface area (Å²) in [6.45, 7) is 0. The summed E-state index contributed by atoms with van der Waals surface area (Å²) in [7, 11) is -4.50. The van der Waals surface area contributed by atoms with Gasteiger partial charge in [-0.3, -0.25) is 4.55 Å². The third kappa shape index (κ3) is 1.49. The number of rotatable bonds is 1. The number of benzene rings is 1. The van der Waals surface area contributed by atoms with Gasteiger partial charge in [0.15, 0.2) is 11.5 Å². The molecule has 3 N–H and O–H groups in total. The summed E-state index contributed by atoms with van der Waals surface area (Å²) in [5.41, 5.74) is 0. The molecule has 0 atom stereocenters. The third-order valence-corrected chi connectivity index (χ3v) is 2.06. The van der Waals surface area contributed by atoms with Gasteiger partial charge in [0.05, 0.1) is 0 Å². The van der Waals surface area contributed by atoms with Crippen molar-refractivity contribution in [1.82, 2.24) is 0 Å². The largest absolute Gasteiger partial charge is 0.504 e. The molecule has 0 saturated carbocycles. The fourth-order valence-corrected chi connectivity index (χ4v) is 1.22. The van der Waals surface area contributed by atoms with E-state index in [9.17, 15) is 8.42 Å². The summed E-state index contributed by atoms with van der Waals surface area (Å²) >= 11 is 0. The molecule has 0 aliphatic carbocycles. The van der Waals surface area contributed by atoms with Crippen molar-refractivity contribution in [3.63, 3.8) is 0 Å². The molecule has 0 amide bonds. The van der Waals surface area contributed by atoms with Gasteiger partial charge in [-0.1, -0.05) is 0 Å². The number of hydrogen-bond acceptors (Lipinski definition) is 4. The van der Waals surface area contributed by atoms with Gasteiger partial charge in [-0.05, 0) is 18.2 Å². The summed E-state index contributed by atoms with van der Waals surface area (Å²) in [4.78, 5) is -0.762. The quantitative estimate of drug-likeness (QED) is 0.431. The lowest BCUT2D eigenvalue weighted by molar-refractivity contribution is 0.389. The van der Waals surface area contributed by atoms with E-state index in [4.69, 9.17) is 14.8 Å². The molecule has 1 aromatic rings. The van der Waals surface area contributed by atoms with Crippen LogP contribution in [0.2, 0.25) is 0 Å². The van der Waals surface area contributed by atoms with E-state index in [2.05, 4.69) is 6.07 Å². The van der Waals surface area contributed by atoms with Crippen LogP contribution in [0, 0.1) is 6.07 Å². The van der Waals surface area contributed by atoms with Gasteiger partial charge in [0, 0.05) is 0 Å². The Hall–Kier alpha value is -1.27. The molecule has 0 unspecified atom stereocenters. The van der Waals surface area contributed by atoms with Crippen LogP contribution in [0.1, 0.15) is 0 Å². The molecule has 0 bridgehead atoms. The van der Waals surface area contributed by atoms with E-state index in [1.807, 2.05) is 0 Å². The first-order valence-corrected chi connectivity index (χ1v) is 4.26. The molecule has 5 nitrogen and oxygen atoms in total. The standard InChI is InChI=1S/C6H5O5S/c7-4-2-1-3-5(6(4)8)12(9,10)11/h2-3,7-8H,(H,9,10,11). The van der Waals surface area contributed by atoms with Crippen molar-refractivity contribution in [2.75, 3.05) is 0 Å². The average molecular weight is 189 g/mol. The highest BCUT2D eigenvalue weighted by Gasteiger charge is 2.17. The SMILES string of the molecule is O=S(=O)(O)c1c[c]cc(O)c1O. The van der Waals surface area contributed by atoms with Gasteiger partial charge in [-0.25, -0.2) is 0 Å². The van der Waals surface area contributed by atoms with E-state index >= 15 is 0 Å². The van der Waals surface area contributed by atoms with E-state index in [0.717, 1.165) is 12.1 Å². The Kier molecular flexibility index (Phi) is 1.95. The van der Waals surface area contributed by atoms with Gasteiger partial charge < -0.3 is 10.2 Å². The second-order valence-corrected chi connectivity index (χ2v) is 3.42. The predicted octanol–water partition coefficient (Wildman–Crippen LogP) is 0.145. The maximum absolute atomic E-state index is 10.5. The van der Waals surface area contributed by atoms with Crippen LogP contribution < -0.4 is 0 Å². The first-order valence-electron chi connectivity index (χ1n) is 2.82. The van der Waals surface area contributed by atoms with Gasteiger partial charge >= 0.3 is 0 Å². The molecule has 0 aliphatic heterocycles. The van der Waals surface area contributed by atoms with Gasteiger partial charge in [-0.15, -0.1) is 0 Å².